The van der Waals surface area contributed by atoms with Gasteiger partial charge in [0.2, 0.25) is 0 Å². The fourth-order valence-corrected chi connectivity index (χ4v) is 1.98. The van der Waals surface area contributed by atoms with E-state index in [4.69, 9.17) is 0 Å². The Labute approximate surface area is 124 Å². The average Bonchev–Trinajstić information content (AvgIpc) is 2.40. The van der Waals surface area contributed by atoms with Crippen LogP contribution in [-0.2, 0) is 0 Å². The molecule has 0 saturated heterocycles. The Balaban J connectivity index is 0.000000200. The molecule has 0 N–H and O–H groups in total. The Hall–Kier alpha value is -1.56. The van der Waals surface area contributed by atoms with Gasteiger partial charge in [-0.1, -0.05) is 87.4 Å². The summed E-state index contributed by atoms with van der Waals surface area (Å²) in [6.45, 7) is 13.1. The normalized spacial score (nSPS) is 10.4. The molecule has 0 aliphatic carbocycles. The van der Waals surface area contributed by atoms with E-state index in [0.717, 1.165) is 0 Å². The average molecular weight is 268 g/mol. The van der Waals surface area contributed by atoms with E-state index in [1.54, 1.807) is 0 Å². The molecule has 2 aromatic carbocycles. The third-order valence-corrected chi connectivity index (χ3v) is 3.45. The van der Waals surface area contributed by atoms with Crippen LogP contribution in [0.3, 0.4) is 0 Å². The number of benzene rings is 2. The van der Waals surface area contributed by atoms with Crippen LogP contribution in [0, 0.1) is 13.8 Å². The van der Waals surface area contributed by atoms with Crippen molar-refractivity contribution in [2.75, 3.05) is 0 Å². The van der Waals surface area contributed by atoms with E-state index in [0.29, 0.717) is 11.8 Å². The minimum absolute atomic E-state index is 0.653. The van der Waals surface area contributed by atoms with Crippen LogP contribution in [0.5, 0.6) is 0 Å². The Morgan fingerprint density at radius 2 is 1.15 bits per heavy atom. The summed E-state index contributed by atoms with van der Waals surface area (Å²) in [5.41, 5.74) is 5.54. The first-order valence-electron chi connectivity index (χ1n) is 7.53. The predicted molar refractivity (Wildman–Crippen MR) is 90.5 cm³/mol. The Morgan fingerprint density at radius 1 is 0.600 bits per heavy atom. The summed E-state index contributed by atoms with van der Waals surface area (Å²) >= 11 is 0. The van der Waals surface area contributed by atoms with E-state index in [1.165, 1.54) is 22.3 Å². The van der Waals surface area contributed by atoms with Crippen LogP contribution < -0.4 is 0 Å². The number of hydrogen-bond acceptors (Lipinski definition) is 0. The monoisotopic (exact) mass is 268 g/mol. The lowest BCUT2D eigenvalue weighted by Crippen LogP contribution is -1.86. The van der Waals surface area contributed by atoms with Crippen molar-refractivity contribution in [3.8, 4) is 0 Å². The van der Waals surface area contributed by atoms with E-state index in [1.807, 2.05) is 0 Å². The molecule has 0 heterocycles. The smallest absolute Gasteiger partial charge is 0.0219 e. The molecule has 0 amide bonds. The highest BCUT2D eigenvalue weighted by atomic mass is 14.0. The van der Waals surface area contributed by atoms with Gasteiger partial charge < -0.3 is 0 Å². The molecule has 20 heavy (non-hydrogen) atoms. The van der Waals surface area contributed by atoms with Crippen molar-refractivity contribution in [2.24, 2.45) is 0 Å². The Morgan fingerprint density at radius 3 is 1.55 bits per heavy atom. The van der Waals surface area contributed by atoms with Gasteiger partial charge in [-0.15, -0.1) is 0 Å². The van der Waals surface area contributed by atoms with E-state index >= 15 is 0 Å². The molecule has 0 atom stereocenters. The summed E-state index contributed by atoms with van der Waals surface area (Å²) in [6, 6.07) is 17.4. The predicted octanol–water partition coefficient (Wildman–Crippen LogP) is 6.24. The second kappa shape index (κ2) is 7.89. The van der Waals surface area contributed by atoms with Gasteiger partial charge in [0.15, 0.2) is 0 Å². The molecule has 0 nitrogen and oxygen atoms in total. The first-order chi connectivity index (χ1) is 9.40. The molecule has 0 aromatic heterocycles. The van der Waals surface area contributed by atoms with Crippen molar-refractivity contribution in [1.82, 2.24) is 0 Å². The summed E-state index contributed by atoms with van der Waals surface area (Å²) in [5, 5.41) is 0. The highest BCUT2D eigenvalue weighted by molar-refractivity contribution is 5.24. The van der Waals surface area contributed by atoms with Crippen LogP contribution in [0.1, 0.15) is 61.8 Å². The van der Waals surface area contributed by atoms with Gasteiger partial charge in [0, 0.05) is 0 Å². The van der Waals surface area contributed by atoms with Crippen molar-refractivity contribution in [2.45, 2.75) is 53.4 Å². The first kappa shape index (κ1) is 16.5. The van der Waals surface area contributed by atoms with Crippen LogP contribution in [0.15, 0.2) is 48.5 Å². The van der Waals surface area contributed by atoms with Gasteiger partial charge in [-0.25, -0.2) is 0 Å². The van der Waals surface area contributed by atoms with Gasteiger partial charge in [-0.3, -0.25) is 0 Å². The molecule has 0 saturated carbocycles. The molecule has 0 bridgehead atoms. The van der Waals surface area contributed by atoms with Gasteiger partial charge in [0.1, 0.15) is 0 Å². The molecule has 0 fully saturated rings. The molecular formula is C20H28. The third kappa shape index (κ3) is 5.61. The summed E-state index contributed by atoms with van der Waals surface area (Å²) in [7, 11) is 0. The lowest BCUT2D eigenvalue weighted by molar-refractivity contribution is 0.865. The van der Waals surface area contributed by atoms with Crippen molar-refractivity contribution in [3.63, 3.8) is 0 Å². The fourth-order valence-electron chi connectivity index (χ4n) is 1.98. The number of rotatable bonds is 2. The largest absolute Gasteiger partial charge is 0.0617 e. The summed E-state index contributed by atoms with van der Waals surface area (Å²) in [6.07, 6.45) is 0. The van der Waals surface area contributed by atoms with Gasteiger partial charge in [0.25, 0.3) is 0 Å². The molecule has 0 radical (unpaired) electrons. The van der Waals surface area contributed by atoms with Crippen molar-refractivity contribution in [1.29, 1.82) is 0 Å². The number of aryl methyl sites for hydroxylation is 2. The third-order valence-electron chi connectivity index (χ3n) is 3.45. The second-order valence-corrected chi connectivity index (χ2v) is 6.13. The highest BCUT2D eigenvalue weighted by Crippen LogP contribution is 2.14. The maximum absolute atomic E-state index is 2.24. The quantitative estimate of drug-likeness (QED) is 0.605. The molecule has 108 valence electrons. The standard InChI is InChI=1S/2C10H14/c1-8(2)10-6-4-9(3)5-7-10;1-8(2)10-6-4-5-9(3)7-10/h2*4-8H,1-3H3. The fraction of sp³-hybridized carbons (Fsp3) is 0.400. The zero-order valence-electron chi connectivity index (χ0n) is 13.8. The molecule has 0 heteroatoms. The highest BCUT2D eigenvalue weighted by Gasteiger charge is 1.96. The van der Waals surface area contributed by atoms with Gasteiger partial charge in [-0.2, -0.15) is 0 Å². The van der Waals surface area contributed by atoms with Crippen LogP contribution >= 0.6 is 0 Å². The molecular weight excluding hydrogens is 240 g/mol. The molecule has 2 rings (SSSR count). The lowest BCUT2D eigenvalue weighted by atomic mass is 10.0. The molecule has 0 unspecified atom stereocenters. The van der Waals surface area contributed by atoms with E-state index < -0.39 is 0 Å². The topological polar surface area (TPSA) is 0 Å². The molecule has 0 aliphatic rings. The van der Waals surface area contributed by atoms with E-state index in [-0.39, 0.29) is 0 Å². The molecule has 0 spiro atoms. The summed E-state index contributed by atoms with van der Waals surface area (Å²) in [5.74, 6) is 1.31. The molecule has 0 aliphatic heterocycles. The Kier molecular flexibility index (Phi) is 6.51. The van der Waals surface area contributed by atoms with Crippen molar-refractivity contribution in [3.05, 3.63) is 70.8 Å². The summed E-state index contributed by atoms with van der Waals surface area (Å²) < 4.78 is 0. The zero-order valence-corrected chi connectivity index (χ0v) is 13.8. The van der Waals surface area contributed by atoms with Crippen LogP contribution in [0.4, 0.5) is 0 Å². The molecule has 2 aromatic rings. The van der Waals surface area contributed by atoms with Crippen LogP contribution in [0.25, 0.3) is 0 Å². The van der Waals surface area contributed by atoms with Crippen molar-refractivity contribution >= 4 is 0 Å². The maximum Gasteiger partial charge on any atom is -0.0219 e. The number of hydrogen-bond donors (Lipinski definition) is 0. The van der Waals surface area contributed by atoms with Gasteiger partial charge in [0.05, 0.1) is 0 Å². The second-order valence-electron chi connectivity index (χ2n) is 6.13. The van der Waals surface area contributed by atoms with Gasteiger partial charge in [-0.05, 0) is 36.8 Å². The minimum atomic E-state index is 0.653. The van der Waals surface area contributed by atoms with E-state index in [2.05, 4.69) is 90.1 Å². The van der Waals surface area contributed by atoms with Crippen LogP contribution in [-0.4, -0.2) is 0 Å². The maximum atomic E-state index is 2.24. The zero-order chi connectivity index (χ0) is 15.1. The Bertz CT molecular complexity index is 504. The first-order valence-corrected chi connectivity index (χ1v) is 7.53. The summed E-state index contributed by atoms with van der Waals surface area (Å²) in [4.78, 5) is 0. The van der Waals surface area contributed by atoms with Crippen LogP contribution in [0.2, 0.25) is 0 Å². The SMILES string of the molecule is Cc1ccc(C(C)C)cc1.Cc1cccc(C(C)C)c1. The minimum Gasteiger partial charge on any atom is -0.0617 e. The van der Waals surface area contributed by atoms with Gasteiger partial charge >= 0.3 is 0 Å². The lowest BCUT2D eigenvalue weighted by Gasteiger charge is -2.04. The van der Waals surface area contributed by atoms with E-state index in [9.17, 15) is 0 Å². The van der Waals surface area contributed by atoms with Crippen molar-refractivity contribution < 1.29 is 0 Å².